The van der Waals surface area contributed by atoms with Crippen LogP contribution in [0.4, 0.5) is 23.2 Å². The van der Waals surface area contributed by atoms with Crippen molar-refractivity contribution >= 4 is 22.5 Å². The smallest absolute Gasteiger partial charge is 0.433 e. The van der Waals surface area contributed by atoms with Crippen LogP contribution >= 0.6 is 0 Å². The number of amides is 1. The van der Waals surface area contributed by atoms with E-state index < -0.39 is 40.4 Å². The molecule has 3 aromatic rings. The zero-order valence-electron chi connectivity index (χ0n) is 21.7. The number of ether oxygens (including phenoxy) is 3. The summed E-state index contributed by atoms with van der Waals surface area (Å²) in [7, 11) is 0.976. The number of rotatable bonds is 12. The van der Waals surface area contributed by atoms with Crippen LogP contribution in [0.15, 0.2) is 48.5 Å². The van der Waals surface area contributed by atoms with Crippen LogP contribution < -0.4 is 24.2 Å². The van der Waals surface area contributed by atoms with Crippen molar-refractivity contribution in [2.75, 3.05) is 25.6 Å². The summed E-state index contributed by atoms with van der Waals surface area (Å²) >= 11 is 0. The van der Waals surface area contributed by atoms with E-state index in [1.807, 2.05) is 0 Å². The normalized spacial score (nSPS) is 12.2. The van der Waals surface area contributed by atoms with Gasteiger partial charge in [0.05, 0.1) is 25.8 Å². The topological polar surface area (TPSA) is 121 Å². The van der Waals surface area contributed by atoms with Gasteiger partial charge in [0.15, 0.2) is 0 Å². The Labute approximate surface area is 229 Å². The number of hydrogen-bond acceptors (Lipinski definition) is 7. The number of aryl methyl sites for hydroxylation is 1. The predicted octanol–water partition coefficient (Wildman–Crippen LogP) is 4.00. The number of halogens is 4. The summed E-state index contributed by atoms with van der Waals surface area (Å²) < 4.78 is 94.0. The maximum atomic E-state index is 14.6. The number of carbonyl (C=O) groups excluding carboxylic acids is 1. The third kappa shape index (κ3) is 7.52. The second kappa shape index (κ2) is 12.9. The number of pyridine rings is 1. The summed E-state index contributed by atoms with van der Waals surface area (Å²) in [5.41, 5.74) is 5.13. The number of thiol groups is 1. The van der Waals surface area contributed by atoms with E-state index in [2.05, 4.69) is 4.98 Å². The zero-order chi connectivity index (χ0) is 29.6. The molecule has 0 aliphatic carbocycles. The molecule has 14 heteroatoms. The van der Waals surface area contributed by atoms with Gasteiger partial charge < -0.3 is 19.9 Å². The van der Waals surface area contributed by atoms with Crippen LogP contribution in [0, 0.1) is 5.82 Å². The molecular weight excluding hydrogens is 558 g/mol. The van der Waals surface area contributed by atoms with Crippen molar-refractivity contribution < 1.29 is 45.0 Å². The average Bonchev–Trinajstić information content (AvgIpc) is 2.91. The minimum Gasteiger partial charge on any atom is -0.497 e. The van der Waals surface area contributed by atoms with Gasteiger partial charge in [0, 0.05) is 18.7 Å². The van der Waals surface area contributed by atoms with Gasteiger partial charge in [-0.2, -0.15) is 13.2 Å². The highest BCUT2D eigenvalue weighted by atomic mass is 32.2. The van der Waals surface area contributed by atoms with Crippen LogP contribution in [0.3, 0.4) is 0 Å². The molecule has 1 unspecified atom stereocenters. The Bertz CT molecular complexity index is 1420. The molecule has 0 saturated heterocycles. The molecular formula is C26H27F4N3O6S. The Morgan fingerprint density at radius 3 is 2.23 bits per heavy atom. The van der Waals surface area contributed by atoms with Gasteiger partial charge in [0.1, 0.15) is 29.6 Å². The number of primary amides is 1. The molecule has 0 aliphatic heterocycles. The van der Waals surface area contributed by atoms with E-state index in [1.54, 1.807) is 18.2 Å². The highest BCUT2D eigenvalue weighted by molar-refractivity contribution is 7.74. The third-order valence-corrected chi connectivity index (χ3v) is 6.74. The van der Waals surface area contributed by atoms with Gasteiger partial charge in [-0.05, 0) is 54.3 Å². The molecule has 216 valence electrons. The fourth-order valence-corrected chi connectivity index (χ4v) is 4.25. The lowest BCUT2D eigenvalue weighted by Crippen LogP contribution is -2.23. The van der Waals surface area contributed by atoms with Crippen molar-refractivity contribution in [3.05, 3.63) is 76.7 Å². The van der Waals surface area contributed by atoms with E-state index in [9.17, 15) is 30.8 Å². The minimum atomic E-state index is -4.73. The molecule has 0 radical (unpaired) electrons. The number of methoxy groups -OCH3 is 2. The summed E-state index contributed by atoms with van der Waals surface area (Å²) in [4.78, 5) is 15.9. The molecule has 0 saturated carbocycles. The van der Waals surface area contributed by atoms with Gasteiger partial charge in [-0.3, -0.25) is 9.10 Å². The lowest BCUT2D eigenvalue weighted by molar-refractivity contribution is -0.141. The number of carbonyl (C=O) groups is 1. The molecule has 1 heterocycles. The summed E-state index contributed by atoms with van der Waals surface area (Å²) in [6.45, 7) is -0.170. The first-order valence-electron chi connectivity index (χ1n) is 11.7. The Balaban J connectivity index is 1.88. The monoisotopic (exact) mass is 585 g/mol. The highest BCUT2D eigenvalue weighted by Gasteiger charge is 2.33. The van der Waals surface area contributed by atoms with E-state index in [-0.39, 0.29) is 42.1 Å². The van der Waals surface area contributed by atoms with Gasteiger partial charge >= 0.3 is 6.18 Å². The average molecular weight is 586 g/mol. The first kappa shape index (κ1) is 30.5. The number of alkyl halides is 3. The predicted molar refractivity (Wildman–Crippen MR) is 138 cm³/mol. The maximum absolute atomic E-state index is 14.6. The molecule has 1 amide bonds. The lowest BCUT2D eigenvalue weighted by atomic mass is 9.91. The maximum Gasteiger partial charge on any atom is 0.433 e. The fourth-order valence-electron chi connectivity index (χ4n) is 3.91. The Hall–Kier alpha value is -4.07. The Morgan fingerprint density at radius 2 is 1.70 bits per heavy atom. The molecule has 40 heavy (non-hydrogen) atoms. The Morgan fingerprint density at radius 1 is 1.05 bits per heavy atom. The van der Waals surface area contributed by atoms with Gasteiger partial charge in [-0.25, -0.2) is 17.8 Å². The van der Waals surface area contributed by atoms with Gasteiger partial charge in [0.25, 0.3) is 0 Å². The molecule has 2 aromatic carbocycles. The van der Waals surface area contributed by atoms with Gasteiger partial charge in [-0.1, -0.05) is 12.1 Å². The highest BCUT2D eigenvalue weighted by Crippen LogP contribution is 2.33. The van der Waals surface area contributed by atoms with Crippen molar-refractivity contribution in [2.24, 2.45) is 5.73 Å². The molecule has 3 rings (SSSR count). The largest absolute Gasteiger partial charge is 0.497 e. The minimum absolute atomic E-state index is 0.00516. The number of nitrogens with zero attached hydrogens (tertiary/aromatic N) is 2. The van der Waals surface area contributed by atoms with Crippen molar-refractivity contribution in [1.82, 2.24) is 4.98 Å². The summed E-state index contributed by atoms with van der Waals surface area (Å²) in [6.07, 6.45) is -4.74. The van der Waals surface area contributed by atoms with Crippen LogP contribution in [0.2, 0.25) is 0 Å². The van der Waals surface area contributed by atoms with Crippen molar-refractivity contribution in [1.29, 1.82) is 0 Å². The fraction of sp³-hybridized carbons (Fsp3) is 0.308. The molecule has 0 aliphatic rings. The zero-order valence-corrected chi connectivity index (χ0v) is 22.6. The van der Waals surface area contributed by atoms with Crippen LogP contribution in [-0.2, 0) is 34.9 Å². The molecule has 0 fully saturated rings. The van der Waals surface area contributed by atoms with E-state index in [4.69, 9.17) is 19.9 Å². The van der Waals surface area contributed by atoms with Crippen LogP contribution in [-0.4, -0.2) is 40.6 Å². The third-order valence-electron chi connectivity index (χ3n) is 6.03. The quantitative estimate of drug-likeness (QED) is 0.244. The standard InChI is InChI=1S/C26H27F4N3O6S/c1-33(40(35)36)22-8-5-17(12-21(22)27)20(24(31)34)7-4-16-6-9-23(26(28,29)30)32-25(16)39-14-15-10-18(37-2)13-19(11-15)38-3/h5-6,8-13,20,40H,4,7,14H2,1-3H3,(H2,31,34). The number of benzene rings is 2. The second-order valence-electron chi connectivity index (χ2n) is 8.63. The van der Waals surface area contributed by atoms with Crippen molar-refractivity contribution in [2.45, 2.75) is 31.5 Å². The Kier molecular flexibility index (Phi) is 9.79. The van der Waals surface area contributed by atoms with E-state index >= 15 is 0 Å². The van der Waals surface area contributed by atoms with Gasteiger partial charge in [0.2, 0.25) is 22.7 Å². The van der Waals surface area contributed by atoms with E-state index in [1.165, 1.54) is 32.4 Å². The number of aromatic nitrogens is 1. The summed E-state index contributed by atoms with van der Waals surface area (Å²) in [5, 5.41) is 0. The number of hydrogen-bond donors (Lipinski definition) is 2. The van der Waals surface area contributed by atoms with E-state index in [0.29, 0.717) is 21.4 Å². The van der Waals surface area contributed by atoms with Crippen LogP contribution in [0.1, 0.15) is 34.7 Å². The van der Waals surface area contributed by atoms with E-state index in [0.717, 1.165) is 19.2 Å². The second-order valence-corrected chi connectivity index (χ2v) is 9.71. The summed E-state index contributed by atoms with van der Waals surface area (Å²) in [6, 6.07) is 10.4. The molecule has 0 spiro atoms. The molecule has 9 nitrogen and oxygen atoms in total. The SMILES string of the molecule is COc1cc(COc2nc(C(F)(F)F)ccc2CCC(C(N)=O)c2ccc(N(C)[SH](=O)=O)c(F)c2)cc(OC)c1. The molecule has 1 aromatic heterocycles. The number of anilines is 1. The summed E-state index contributed by atoms with van der Waals surface area (Å²) in [5.74, 6) is -2.13. The first-order valence-corrected chi connectivity index (χ1v) is 12.9. The molecule has 1 atom stereocenters. The number of nitrogens with two attached hydrogens (primary N) is 1. The first-order chi connectivity index (χ1) is 18.8. The van der Waals surface area contributed by atoms with Crippen molar-refractivity contribution in [3.63, 3.8) is 0 Å². The van der Waals surface area contributed by atoms with Crippen LogP contribution in [0.25, 0.3) is 0 Å². The van der Waals surface area contributed by atoms with Crippen molar-refractivity contribution in [3.8, 4) is 17.4 Å². The lowest BCUT2D eigenvalue weighted by Gasteiger charge is -2.18. The molecule has 2 N–H and O–H groups in total. The molecule has 0 bridgehead atoms. The van der Waals surface area contributed by atoms with Gasteiger partial charge in [-0.15, -0.1) is 0 Å². The van der Waals surface area contributed by atoms with Crippen LogP contribution in [0.5, 0.6) is 17.4 Å².